The lowest BCUT2D eigenvalue weighted by Gasteiger charge is -2.48. The maximum atomic E-state index is 14.6. The highest BCUT2D eigenvalue weighted by atomic mass is 19.2. The van der Waals surface area contributed by atoms with Gasteiger partial charge in [0.1, 0.15) is 6.42 Å². The molecule has 0 N–H and O–H groups in total. The summed E-state index contributed by atoms with van der Waals surface area (Å²) >= 11 is 0. The predicted octanol–water partition coefficient (Wildman–Crippen LogP) is 2.18. The van der Waals surface area contributed by atoms with E-state index in [1.807, 2.05) is 12.1 Å². The molecule has 0 aromatic carbocycles. The van der Waals surface area contributed by atoms with Gasteiger partial charge in [-0.05, 0) is 19.8 Å². The van der Waals surface area contributed by atoms with Gasteiger partial charge in [0, 0.05) is 6.42 Å². The Morgan fingerprint density at radius 3 is 2.28 bits per heavy atom. The molecule has 0 radical (unpaired) electrons. The van der Waals surface area contributed by atoms with E-state index in [9.17, 15) is 9.65 Å². The minimum atomic E-state index is -2.48. The maximum Gasteiger partial charge on any atom is 0.334 e. The molecule has 158 valence electrons. The molecular weight excluding hydrogens is 385 g/mol. The lowest BCUT2D eigenvalue weighted by Crippen LogP contribution is -2.57. The molecule has 3 aliphatic rings. The first-order valence-electron chi connectivity index (χ1n) is 9.64. The molecular formula is C19H24FN3O6. The van der Waals surface area contributed by atoms with Crippen LogP contribution in [0.3, 0.4) is 0 Å². The molecule has 0 spiro atoms. The van der Waals surface area contributed by atoms with Crippen molar-refractivity contribution in [1.29, 1.82) is 15.8 Å². The predicted molar refractivity (Wildman–Crippen MR) is 92.0 cm³/mol. The fraction of sp³-hybridized carbons (Fsp3) is 0.842. The lowest BCUT2D eigenvalue weighted by atomic mass is 9.95. The molecule has 10 heteroatoms. The van der Waals surface area contributed by atoms with Crippen molar-refractivity contribution in [2.75, 3.05) is 13.2 Å². The SMILES string of the molecule is CC1(CC#N)OC(C2CCOC(CC#N)O2)CC(C2CCOC(F)(CC#N)O2)O1. The van der Waals surface area contributed by atoms with E-state index >= 15 is 0 Å². The van der Waals surface area contributed by atoms with Gasteiger partial charge in [-0.3, -0.25) is 0 Å². The van der Waals surface area contributed by atoms with Gasteiger partial charge in [0.25, 0.3) is 0 Å². The van der Waals surface area contributed by atoms with Crippen molar-refractivity contribution in [1.82, 2.24) is 0 Å². The zero-order valence-corrected chi connectivity index (χ0v) is 16.2. The summed E-state index contributed by atoms with van der Waals surface area (Å²) in [5, 5.41) is 26.9. The van der Waals surface area contributed by atoms with Crippen LogP contribution in [0.4, 0.5) is 4.39 Å². The molecule has 7 atom stereocenters. The smallest absolute Gasteiger partial charge is 0.334 e. The Labute approximate surface area is 168 Å². The summed E-state index contributed by atoms with van der Waals surface area (Å²) in [5.41, 5.74) is 0. The monoisotopic (exact) mass is 409 g/mol. The highest BCUT2D eigenvalue weighted by Crippen LogP contribution is 2.39. The van der Waals surface area contributed by atoms with Crippen LogP contribution in [0, 0.1) is 34.0 Å². The standard InChI is InChI=1S/C19H24FN3O6/c1-18(5-8-22)27-15(13-3-10-24-17(26-13)2-7-21)12-16(28-18)14-4-11-25-19(20,29-14)6-9-23/h13-17H,2-6,10-12H2,1H3. The largest absolute Gasteiger partial charge is 0.351 e. The molecule has 29 heavy (non-hydrogen) atoms. The second kappa shape index (κ2) is 9.32. The highest BCUT2D eigenvalue weighted by molar-refractivity contribution is 4.93. The fourth-order valence-corrected chi connectivity index (χ4v) is 3.84. The molecule has 3 aliphatic heterocycles. The molecule has 0 bridgehead atoms. The van der Waals surface area contributed by atoms with Crippen LogP contribution in [0.1, 0.15) is 45.4 Å². The van der Waals surface area contributed by atoms with E-state index in [1.54, 1.807) is 13.0 Å². The molecule has 0 saturated carbocycles. The van der Waals surface area contributed by atoms with E-state index in [0.29, 0.717) is 25.9 Å². The van der Waals surface area contributed by atoms with Crippen LogP contribution in [0.25, 0.3) is 0 Å². The van der Waals surface area contributed by atoms with E-state index in [1.165, 1.54) is 0 Å². The average molecular weight is 409 g/mol. The van der Waals surface area contributed by atoms with E-state index in [4.69, 9.17) is 38.9 Å². The normalized spacial score (nSPS) is 42.9. The number of ether oxygens (including phenoxy) is 6. The number of rotatable bonds is 5. The molecule has 0 amide bonds. The Morgan fingerprint density at radius 1 is 0.897 bits per heavy atom. The van der Waals surface area contributed by atoms with E-state index < -0.39 is 42.9 Å². The molecule has 3 fully saturated rings. The summed E-state index contributed by atoms with van der Waals surface area (Å²) in [4.78, 5) is 0. The van der Waals surface area contributed by atoms with Crippen LogP contribution in [-0.2, 0) is 28.4 Å². The summed E-state index contributed by atoms with van der Waals surface area (Å²) < 4.78 is 48.4. The summed E-state index contributed by atoms with van der Waals surface area (Å²) in [6, 6.07) is 3.31. The van der Waals surface area contributed by atoms with Gasteiger partial charge >= 0.3 is 6.04 Å². The number of hydrogen-bond acceptors (Lipinski definition) is 9. The van der Waals surface area contributed by atoms with Crippen molar-refractivity contribution in [3.8, 4) is 18.2 Å². The Morgan fingerprint density at radius 2 is 1.59 bits per heavy atom. The van der Waals surface area contributed by atoms with Crippen LogP contribution in [0.5, 0.6) is 0 Å². The Bertz CT molecular complexity index is 706. The quantitative estimate of drug-likeness (QED) is 0.671. The minimum Gasteiger partial charge on any atom is -0.351 e. The topological polar surface area (TPSA) is 127 Å². The van der Waals surface area contributed by atoms with Gasteiger partial charge in [-0.15, -0.1) is 0 Å². The lowest BCUT2D eigenvalue weighted by molar-refractivity contribution is -0.398. The third-order valence-corrected chi connectivity index (χ3v) is 5.12. The number of hydrogen-bond donors (Lipinski definition) is 0. The Kier molecular flexibility index (Phi) is 7.02. The number of halogens is 1. The van der Waals surface area contributed by atoms with Crippen LogP contribution in [0.2, 0.25) is 0 Å². The van der Waals surface area contributed by atoms with Crippen molar-refractivity contribution >= 4 is 0 Å². The van der Waals surface area contributed by atoms with Crippen LogP contribution >= 0.6 is 0 Å². The van der Waals surface area contributed by atoms with E-state index in [0.717, 1.165) is 0 Å². The Balaban J connectivity index is 1.75. The van der Waals surface area contributed by atoms with Gasteiger partial charge in [-0.1, -0.05) is 0 Å². The van der Waals surface area contributed by atoms with Gasteiger partial charge in [0.15, 0.2) is 12.1 Å². The first-order chi connectivity index (χ1) is 13.9. The van der Waals surface area contributed by atoms with Gasteiger partial charge < -0.3 is 28.4 Å². The van der Waals surface area contributed by atoms with Crippen molar-refractivity contribution < 1.29 is 32.8 Å². The first-order valence-corrected chi connectivity index (χ1v) is 9.64. The number of nitrogens with zero attached hydrogens (tertiary/aromatic N) is 3. The van der Waals surface area contributed by atoms with Gasteiger partial charge in [0.05, 0.1) is 68.7 Å². The van der Waals surface area contributed by atoms with Gasteiger partial charge in [0.2, 0.25) is 0 Å². The molecule has 7 unspecified atom stereocenters. The summed E-state index contributed by atoms with van der Waals surface area (Å²) in [5.74, 6) is -1.22. The molecule has 0 aromatic rings. The summed E-state index contributed by atoms with van der Waals surface area (Å²) in [6.07, 6.45) is -1.91. The van der Waals surface area contributed by atoms with Crippen LogP contribution in [-0.4, -0.2) is 55.7 Å². The van der Waals surface area contributed by atoms with Crippen LogP contribution in [0.15, 0.2) is 0 Å². The molecule has 0 aliphatic carbocycles. The molecule has 3 heterocycles. The van der Waals surface area contributed by atoms with Gasteiger partial charge in [-0.2, -0.15) is 20.2 Å². The number of nitriles is 3. The van der Waals surface area contributed by atoms with E-state index in [2.05, 4.69) is 0 Å². The zero-order valence-electron chi connectivity index (χ0n) is 16.2. The summed E-state index contributed by atoms with van der Waals surface area (Å²) in [6.45, 7) is 2.15. The van der Waals surface area contributed by atoms with Gasteiger partial charge in [-0.25, -0.2) is 0 Å². The Hall–Kier alpha value is -1.84. The third-order valence-electron chi connectivity index (χ3n) is 5.12. The second-order valence-corrected chi connectivity index (χ2v) is 7.43. The first kappa shape index (κ1) is 21.9. The number of alkyl halides is 1. The van der Waals surface area contributed by atoms with Crippen molar-refractivity contribution in [3.05, 3.63) is 0 Å². The van der Waals surface area contributed by atoms with E-state index in [-0.39, 0.29) is 25.6 Å². The third kappa shape index (κ3) is 5.40. The zero-order chi connectivity index (χ0) is 20.9. The average Bonchev–Trinajstić information content (AvgIpc) is 2.68. The highest BCUT2D eigenvalue weighted by Gasteiger charge is 2.49. The second-order valence-electron chi connectivity index (χ2n) is 7.43. The molecule has 3 saturated heterocycles. The molecule has 3 rings (SSSR count). The minimum absolute atomic E-state index is 0.0347. The van der Waals surface area contributed by atoms with Crippen LogP contribution < -0.4 is 0 Å². The summed E-state index contributed by atoms with van der Waals surface area (Å²) in [7, 11) is 0. The maximum absolute atomic E-state index is 14.6. The van der Waals surface area contributed by atoms with Crippen molar-refractivity contribution in [2.45, 2.75) is 88.0 Å². The molecule has 9 nitrogen and oxygen atoms in total. The van der Waals surface area contributed by atoms with Crippen molar-refractivity contribution in [2.24, 2.45) is 0 Å². The van der Waals surface area contributed by atoms with Crippen molar-refractivity contribution in [3.63, 3.8) is 0 Å². The molecule has 0 aromatic heterocycles. The fourth-order valence-electron chi connectivity index (χ4n) is 3.84.